The summed E-state index contributed by atoms with van der Waals surface area (Å²) >= 11 is 0. The van der Waals surface area contributed by atoms with Crippen molar-refractivity contribution in [2.45, 2.75) is 57.0 Å². The number of ether oxygens (including phenoxy) is 1. The summed E-state index contributed by atoms with van der Waals surface area (Å²) in [6.45, 7) is -0.0141. The second kappa shape index (κ2) is 14.1. The molecule has 11 heteroatoms. The van der Waals surface area contributed by atoms with E-state index in [-0.39, 0.29) is 19.4 Å². The first-order valence-corrected chi connectivity index (χ1v) is 17.0. The van der Waals surface area contributed by atoms with Gasteiger partial charge in [-0.1, -0.05) is 91.7 Å². The van der Waals surface area contributed by atoms with Crippen molar-refractivity contribution < 1.29 is 33.7 Å². The van der Waals surface area contributed by atoms with Gasteiger partial charge in [0.05, 0.1) is 5.41 Å². The summed E-state index contributed by atoms with van der Waals surface area (Å²) in [4.78, 5) is 53.8. The van der Waals surface area contributed by atoms with Crippen LogP contribution in [0.25, 0.3) is 10.9 Å². The third-order valence-electron chi connectivity index (χ3n) is 8.53. The summed E-state index contributed by atoms with van der Waals surface area (Å²) in [6.07, 6.45) is 2.56. The van der Waals surface area contributed by atoms with Crippen LogP contribution < -0.4 is 10.6 Å². The molecule has 0 spiro atoms. The minimum absolute atomic E-state index is 0.0141. The smallest absolute Gasteiger partial charge is 0.408 e. The second-order valence-electron chi connectivity index (χ2n) is 11.7. The number of para-hydroxylation sites is 1. The molecule has 1 heterocycles. The number of rotatable bonds is 13. The summed E-state index contributed by atoms with van der Waals surface area (Å²) in [7, 11) is -4.27. The molecule has 1 unspecified atom stereocenters. The highest BCUT2D eigenvalue weighted by atomic mass is 31.2. The highest BCUT2D eigenvalue weighted by Crippen LogP contribution is 2.55. The van der Waals surface area contributed by atoms with Gasteiger partial charge >= 0.3 is 12.1 Å². The van der Waals surface area contributed by atoms with Crippen LogP contribution in [0.2, 0.25) is 0 Å². The van der Waals surface area contributed by atoms with Gasteiger partial charge in [-0.05, 0) is 35.6 Å². The van der Waals surface area contributed by atoms with Gasteiger partial charge in [0.25, 0.3) is 0 Å². The number of carboxylic acids is 1. The monoisotopic (exact) mass is 631 g/mol. The van der Waals surface area contributed by atoms with Crippen LogP contribution in [0.3, 0.4) is 0 Å². The van der Waals surface area contributed by atoms with E-state index in [1.165, 1.54) is 0 Å². The number of aromatic nitrogens is 1. The fourth-order valence-electron chi connectivity index (χ4n) is 6.12. The van der Waals surface area contributed by atoms with Gasteiger partial charge in [0.1, 0.15) is 18.4 Å². The molecular formula is C34H38N3O7P. The Morgan fingerprint density at radius 2 is 1.49 bits per heavy atom. The fraction of sp³-hybridized carbons (Fsp3) is 0.324. The second-order valence-corrected chi connectivity index (χ2v) is 14.2. The molecule has 1 aromatic heterocycles. The number of hydrogen-bond donors (Lipinski definition) is 5. The number of H-pyrrole nitrogens is 1. The molecule has 0 radical (unpaired) electrons. The molecule has 5 N–H and O–H groups in total. The van der Waals surface area contributed by atoms with Crippen molar-refractivity contribution in [2.24, 2.45) is 5.41 Å². The van der Waals surface area contributed by atoms with Crippen LogP contribution >= 0.6 is 7.37 Å². The van der Waals surface area contributed by atoms with E-state index in [1.54, 1.807) is 42.6 Å². The molecule has 3 aromatic carbocycles. The molecule has 45 heavy (non-hydrogen) atoms. The Bertz CT molecular complexity index is 1670. The number of amides is 2. The fourth-order valence-corrected chi connectivity index (χ4v) is 8.47. The van der Waals surface area contributed by atoms with Crippen molar-refractivity contribution >= 4 is 36.2 Å². The zero-order chi connectivity index (χ0) is 31.9. The maximum atomic E-state index is 14.2. The predicted molar refractivity (Wildman–Crippen MR) is 171 cm³/mol. The number of carbonyl (C=O) groups is 3. The number of nitrogens with one attached hydrogen (secondary N) is 3. The number of aromatic amines is 1. The molecule has 1 saturated carbocycles. The van der Waals surface area contributed by atoms with Crippen molar-refractivity contribution in [1.82, 2.24) is 15.6 Å². The third kappa shape index (κ3) is 8.01. The molecule has 1 aliphatic rings. The van der Waals surface area contributed by atoms with Crippen LogP contribution in [0.15, 0.2) is 91.1 Å². The zero-order valence-corrected chi connectivity index (χ0v) is 25.7. The third-order valence-corrected chi connectivity index (χ3v) is 10.9. The van der Waals surface area contributed by atoms with Gasteiger partial charge in [0, 0.05) is 36.1 Å². The van der Waals surface area contributed by atoms with Crippen molar-refractivity contribution in [1.29, 1.82) is 0 Å². The summed E-state index contributed by atoms with van der Waals surface area (Å²) < 4.78 is 19.6. The molecule has 0 bridgehead atoms. The minimum atomic E-state index is -4.27. The quantitative estimate of drug-likeness (QED) is 0.120. The Kier molecular flexibility index (Phi) is 10.1. The Morgan fingerprint density at radius 3 is 2.16 bits per heavy atom. The van der Waals surface area contributed by atoms with Gasteiger partial charge in [-0.25, -0.2) is 9.59 Å². The first kappa shape index (κ1) is 32.0. The molecule has 1 fully saturated rings. The lowest BCUT2D eigenvalue weighted by atomic mass is 9.87. The lowest BCUT2D eigenvalue weighted by molar-refractivity contribution is -0.143. The summed E-state index contributed by atoms with van der Waals surface area (Å²) in [5, 5.41) is 16.2. The van der Waals surface area contributed by atoms with E-state index in [0.717, 1.165) is 27.6 Å². The Morgan fingerprint density at radius 1 is 0.867 bits per heavy atom. The lowest BCUT2D eigenvalue weighted by Crippen LogP contribution is -2.50. The van der Waals surface area contributed by atoms with Gasteiger partial charge in [-0.2, -0.15) is 0 Å². The van der Waals surface area contributed by atoms with Crippen molar-refractivity contribution in [2.75, 3.05) is 6.16 Å². The molecule has 4 aromatic rings. The van der Waals surface area contributed by atoms with E-state index in [0.29, 0.717) is 25.7 Å². The van der Waals surface area contributed by atoms with Crippen LogP contribution in [0.5, 0.6) is 0 Å². The number of hydrogen-bond acceptors (Lipinski definition) is 5. The molecule has 0 aliphatic heterocycles. The first-order valence-electron chi connectivity index (χ1n) is 15.1. The normalized spacial score (nSPS) is 16.7. The Balaban J connectivity index is 1.34. The maximum Gasteiger partial charge on any atom is 0.408 e. The van der Waals surface area contributed by atoms with E-state index in [4.69, 9.17) is 4.74 Å². The topological polar surface area (TPSA) is 158 Å². The van der Waals surface area contributed by atoms with E-state index >= 15 is 0 Å². The summed E-state index contributed by atoms with van der Waals surface area (Å²) in [6, 6.07) is 24.4. The highest BCUT2D eigenvalue weighted by molar-refractivity contribution is 7.58. The molecule has 2 amide bonds. The molecule has 1 aliphatic carbocycles. The van der Waals surface area contributed by atoms with Crippen molar-refractivity contribution in [3.63, 3.8) is 0 Å². The zero-order valence-electron chi connectivity index (χ0n) is 24.9. The Labute approximate surface area is 261 Å². The minimum Gasteiger partial charge on any atom is -0.480 e. The van der Waals surface area contributed by atoms with E-state index in [9.17, 15) is 28.9 Å². The van der Waals surface area contributed by atoms with Crippen LogP contribution in [-0.4, -0.2) is 50.9 Å². The van der Waals surface area contributed by atoms with E-state index < -0.39 is 48.7 Å². The molecule has 10 nitrogen and oxygen atoms in total. The number of carboxylic acid groups (broad SMARTS) is 1. The summed E-state index contributed by atoms with van der Waals surface area (Å²) in [5.74, 6) is -2.99. The molecule has 236 valence electrons. The maximum absolute atomic E-state index is 14.2. The molecule has 5 rings (SSSR count). The van der Waals surface area contributed by atoms with Crippen LogP contribution in [0.4, 0.5) is 4.79 Å². The number of carbonyl (C=O) groups excluding carboxylic acids is 2. The van der Waals surface area contributed by atoms with Crippen molar-refractivity contribution in [3.05, 3.63) is 108 Å². The number of alkyl carbamates (subject to hydrolysis) is 1. The van der Waals surface area contributed by atoms with Crippen molar-refractivity contribution in [3.8, 4) is 0 Å². The van der Waals surface area contributed by atoms with Gasteiger partial charge in [0.15, 0.2) is 0 Å². The molecule has 0 saturated heterocycles. The predicted octanol–water partition coefficient (Wildman–Crippen LogP) is 5.61. The molecular weight excluding hydrogens is 593 g/mol. The number of aliphatic carboxylic acids is 1. The first-order chi connectivity index (χ1) is 21.6. The van der Waals surface area contributed by atoms with Crippen LogP contribution in [0.1, 0.15) is 42.4 Å². The highest BCUT2D eigenvalue weighted by Gasteiger charge is 2.49. The van der Waals surface area contributed by atoms with Gasteiger partial charge in [-0.15, -0.1) is 0 Å². The number of benzene rings is 3. The molecule has 3 atom stereocenters. The van der Waals surface area contributed by atoms with Gasteiger partial charge in [0.2, 0.25) is 13.3 Å². The van der Waals surface area contributed by atoms with Crippen LogP contribution in [-0.2, 0) is 38.3 Å². The average molecular weight is 632 g/mol. The standard InChI is InChI=1S/C34H38N3O7P/c38-31(39)29(20-26-21-35-28-16-8-7-15-27(26)28)36-32(40)34(17-9-10-18-34)23-45(42,43)30(19-24-11-3-1-4-12-24)37-33(41)44-22-25-13-5-2-6-14-25/h1-8,11-16,21,29-30,35H,9-10,17-20,22-23H2,(H,36,40)(H,37,41)(H,38,39)(H,42,43)/t29-,30+/m0/s1. The number of fused-ring (bicyclic) bond motifs is 1. The van der Waals surface area contributed by atoms with E-state index in [2.05, 4.69) is 15.6 Å². The van der Waals surface area contributed by atoms with Gasteiger partial charge in [-0.3, -0.25) is 9.36 Å². The van der Waals surface area contributed by atoms with Gasteiger partial charge < -0.3 is 30.4 Å². The Hall–Kier alpha value is -4.40. The van der Waals surface area contributed by atoms with Crippen LogP contribution in [0, 0.1) is 5.41 Å². The largest absolute Gasteiger partial charge is 0.480 e. The lowest BCUT2D eigenvalue weighted by Gasteiger charge is -2.34. The SMILES string of the molecule is O=C(N[C@@H](Cc1ccccc1)P(=O)(O)CC1(C(=O)N[C@@H](Cc2c[nH]c3ccccc23)C(=O)O)CCCC1)OCc1ccccc1. The van der Waals surface area contributed by atoms with E-state index in [1.807, 2.05) is 48.5 Å². The average Bonchev–Trinajstić information content (AvgIpc) is 3.68. The summed E-state index contributed by atoms with van der Waals surface area (Å²) in [5.41, 5.74) is 1.84.